The van der Waals surface area contributed by atoms with E-state index >= 15 is 0 Å². The SMILES string of the molecule is O=S(=O)(Cl)c1ccc2c(c1)OC(=S)NC2. The molecule has 15 heavy (non-hydrogen) atoms. The Bertz CT molecular complexity index is 527. The van der Waals surface area contributed by atoms with E-state index in [-0.39, 0.29) is 10.1 Å². The zero-order valence-electron chi connectivity index (χ0n) is 7.36. The number of halogens is 1. The number of hydrogen-bond donors (Lipinski definition) is 1. The molecule has 0 spiro atoms. The minimum absolute atomic E-state index is 0.00705. The lowest BCUT2D eigenvalue weighted by Crippen LogP contribution is -2.30. The van der Waals surface area contributed by atoms with Gasteiger partial charge in [0.1, 0.15) is 5.75 Å². The molecule has 0 saturated carbocycles. The predicted molar refractivity (Wildman–Crippen MR) is 59.5 cm³/mol. The summed E-state index contributed by atoms with van der Waals surface area (Å²) < 4.78 is 27.3. The van der Waals surface area contributed by atoms with Crippen LogP contribution in [0.3, 0.4) is 0 Å². The summed E-state index contributed by atoms with van der Waals surface area (Å²) in [6.45, 7) is 0.525. The summed E-state index contributed by atoms with van der Waals surface area (Å²) in [5.74, 6) is 0.431. The Morgan fingerprint density at radius 1 is 1.47 bits per heavy atom. The summed E-state index contributed by atoms with van der Waals surface area (Å²) in [6.07, 6.45) is 0. The summed E-state index contributed by atoms with van der Waals surface area (Å²) in [4.78, 5) is 0.00705. The standard InChI is InChI=1S/C8H6ClNO3S2/c9-15(11,12)6-2-1-5-4-10-8(14)13-7(5)3-6/h1-3H,4H2,(H,10,14). The predicted octanol–water partition coefficient (Wildman–Crippen LogP) is 1.38. The first-order valence-electron chi connectivity index (χ1n) is 4.00. The molecular formula is C8H6ClNO3S2. The number of ether oxygens (including phenoxy) is 1. The largest absolute Gasteiger partial charge is 0.432 e. The maximum atomic E-state index is 11.1. The molecule has 0 aliphatic carbocycles. The minimum Gasteiger partial charge on any atom is -0.432 e. The van der Waals surface area contributed by atoms with Crippen molar-refractivity contribution in [1.82, 2.24) is 5.32 Å². The Labute approximate surface area is 96.6 Å². The van der Waals surface area contributed by atoms with Gasteiger partial charge in [-0.3, -0.25) is 0 Å². The van der Waals surface area contributed by atoms with Crippen molar-refractivity contribution in [1.29, 1.82) is 0 Å². The van der Waals surface area contributed by atoms with Gasteiger partial charge in [-0.25, -0.2) is 8.42 Å². The number of fused-ring (bicyclic) bond motifs is 1. The normalized spacial score (nSPS) is 15.1. The second-order valence-electron chi connectivity index (χ2n) is 2.95. The van der Waals surface area contributed by atoms with Crippen molar-refractivity contribution < 1.29 is 13.2 Å². The molecule has 0 bridgehead atoms. The second kappa shape index (κ2) is 3.62. The van der Waals surface area contributed by atoms with E-state index in [9.17, 15) is 8.42 Å². The van der Waals surface area contributed by atoms with Crippen molar-refractivity contribution in [3.8, 4) is 5.75 Å². The van der Waals surface area contributed by atoms with E-state index in [0.29, 0.717) is 12.3 Å². The van der Waals surface area contributed by atoms with Gasteiger partial charge in [-0.1, -0.05) is 6.07 Å². The van der Waals surface area contributed by atoms with E-state index in [1.165, 1.54) is 12.1 Å². The van der Waals surface area contributed by atoms with Crippen LogP contribution in [0, 0.1) is 0 Å². The maximum absolute atomic E-state index is 11.1. The lowest BCUT2D eigenvalue weighted by atomic mass is 10.2. The third-order valence-corrected chi connectivity index (χ3v) is 3.53. The summed E-state index contributed by atoms with van der Waals surface area (Å²) in [7, 11) is 1.48. The van der Waals surface area contributed by atoms with E-state index in [2.05, 4.69) is 5.32 Å². The van der Waals surface area contributed by atoms with E-state index in [1.807, 2.05) is 0 Å². The third kappa shape index (κ3) is 2.22. The number of hydrogen-bond acceptors (Lipinski definition) is 4. The van der Waals surface area contributed by atoms with Crippen LogP contribution in [0.4, 0.5) is 0 Å². The molecule has 0 saturated heterocycles. The fraction of sp³-hybridized carbons (Fsp3) is 0.125. The first-order chi connectivity index (χ1) is 6.97. The molecule has 2 rings (SSSR count). The Hall–Kier alpha value is -0.850. The fourth-order valence-electron chi connectivity index (χ4n) is 1.23. The Balaban J connectivity index is 2.50. The molecule has 0 unspecified atom stereocenters. The van der Waals surface area contributed by atoms with Crippen LogP contribution in [0.1, 0.15) is 5.56 Å². The number of thiocarbonyl (C=S) groups is 1. The number of nitrogens with one attached hydrogen (secondary N) is 1. The molecule has 1 N–H and O–H groups in total. The van der Waals surface area contributed by atoms with Crippen molar-refractivity contribution in [3.05, 3.63) is 23.8 Å². The number of benzene rings is 1. The average Bonchev–Trinajstić information content (AvgIpc) is 2.15. The third-order valence-electron chi connectivity index (χ3n) is 1.95. The zero-order chi connectivity index (χ0) is 11.1. The van der Waals surface area contributed by atoms with Gasteiger partial charge in [0.2, 0.25) is 0 Å². The van der Waals surface area contributed by atoms with Crippen LogP contribution >= 0.6 is 22.9 Å². The molecule has 0 fully saturated rings. The van der Waals surface area contributed by atoms with Gasteiger partial charge in [-0.15, -0.1) is 0 Å². The molecule has 4 nitrogen and oxygen atoms in total. The topological polar surface area (TPSA) is 55.4 Å². The van der Waals surface area contributed by atoms with Gasteiger partial charge in [0.25, 0.3) is 14.2 Å². The van der Waals surface area contributed by atoms with Crippen LogP contribution in [0.25, 0.3) is 0 Å². The zero-order valence-corrected chi connectivity index (χ0v) is 9.75. The minimum atomic E-state index is -3.73. The van der Waals surface area contributed by atoms with Gasteiger partial charge >= 0.3 is 0 Å². The van der Waals surface area contributed by atoms with Crippen molar-refractivity contribution in [2.24, 2.45) is 0 Å². The van der Waals surface area contributed by atoms with Gasteiger partial charge in [0, 0.05) is 28.9 Å². The first kappa shape index (κ1) is 10.7. The molecule has 1 aliphatic rings. The van der Waals surface area contributed by atoms with Crippen LogP contribution in [-0.2, 0) is 15.6 Å². The van der Waals surface area contributed by atoms with Crippen LogP contribution < -0.4 is 10.1 Å². The molecule has 0 aromatic heterocycles. The van der Waals surface area contributed by atoms with Crippen molar-refractivity contribution >= 4 is 37.1 Å². The maximum Gasteiger partial charge on any atom is 0.262 e. The molecular weight excluding hydrogens is 258 g/mol. The monoisotopic (exact) mass is 263 g/mol. The molecule has 1 aromatic carbocycles. The van der Waals surface area contributed by atoms with Crippen LogP contribution in [-0.4, -0.2) is 13.6 Å². The van der Waals surface area contributed by atoms with E-state index in [0.717, 1.165) is 5.56 Å². The molecule has 7 heteroatoms. The van der Waals surface area contributed by atoms with Crippen molar-refractivity contribution in [2.45, 2.75) is 11.4 Å². The Morgan fingerprint density at radius 2 is 2.20 bits per heavy atom. The van der Waals surface area contributed by atoms with E-state index in [4.69, 9.17) is 27.6 Å². The summed E-state index contributed by atoms with van der Waals surface area (Å²) in [5, 5.41) is 3.05. The second-order valence-corrected chi connectivity index (χ2v) is 5.89. The van der Waals surface area contributed by atoms with Gasteiger partial charge in [-0.05, 0) is 18.3 Å². The highest BCUT2D eigenvalue weighted by Gasteiger charge is 2.17. The quantitative estimate of drug-likeness (QED) is 0.613. The molecule has 0 amide bonds. The molecule has 1 heterocycles. The van der Waals surface area contributed by atoms with E-state index in [1.54, 1.807) is 6.07 Å². The molecule has 80 valence electrons. The van der Waals surface area contributed by atoms with Crippen LogP contribution in [0.5, 0.6) is 5.75 Å². The Morgan fingerprint density at radius 3 is 2.87 bits per heavy atom. The summed E-state index contributed by atoms with van der Waals surface area (Å²) >= 11 is 4.80. The van der Waals surface area contributed by atoms with Crippen LogP contribution in [0.15, 0.2) is 23.1 Å². The highest BCUT2D eigenvalue weighted by molar-refractivity contribution is 8.13. The molecule has 1 aromatic rings. The van der Waals surface area contributed by atoms with Crippen molar-refractivity contribution in [2.75, 3.05) is 0 Å². The van der Waals surface area contributed by atoms with Gasteiger partial charge in [-0.2, -0.15) is 0 Å². The van der Waals surface area contributed by atoms with Crippen LogP contribution in [0.2, 0.25) is 0 Å². The average molecular weight is 264 g/mol. The molecule has 0 atom stereocenters. The Kier molecular flexibility index (Phi) is 2.57. The molecule has 0 radical (unpaired) electrons. The van der Waals surface area contributed by atoms with Gasteiger partial charge in [0.05, 0.1) is 4.90 Å². The van der Waals surface area contributed by atoms with E-state index < -0.39 is 9.05 Å². The fourth-order valence-corrected chi connectivity index (χ4v) is 2.16. The highest BCUT2D eigenvalue weighted by atomic mass is 35.7. The lowest BCUT2D eigenvalue weighted by Gasteiger charge is -2.19. The highest BCUT2D eigenvalue weighted by Crippen LogP contribution is 2.27. The number of rotatable bonds is 1. The lowest BCUT2D eigenvalue weighted by molar-refractivity contribution is 0.495. The molecule has 1 aliphatic heterocycles. The van der Waals surface area contributed by atoms with Gasteiger partial charge in [0.15, 0.2) is 0 Å². The first-order valence-corrected chi connectivity index (χ1v) is 6.72. The summed E-state index contributed by atoms with van der Waals surface area (Å²) in [5.41, 5.74) is 0.840. The van der Waals surface area contributed by atoms with Gasteiger partial charge < -0.3 is 10.1 Å². The summed E-state index contributed by atoms with van der Waals surface area (Å²) in [6, 6.07) is 4.44. The van der Waals surface area contributed by atoms with Crippen molar-refractivity contribution in [3.63, 3.8) is 0 Å². The smallest absolute Gasteiger partial charge is 0.262 e.